The van der Waals surface area contributed by atoms with Crippen LogP contribution in [0, 0.1) is 0 Å². The highest BCUT2D eigenvalue weighted by Crippen LogP contribution is 2.28. The maximum atomic E-state index is 12.2. The highest BCUT2D eigenvalue weighted by molar-refractivity contribution is 5.87. The Labute approximate surface area is 157 Å². The van der Waals surface area contributed by atoms with Gasteiger partial charge in [0, 0.05) is 6.42 Å². The van der Waals surface area contributed by atoms with Crippen LogP contribution in [0.2, 0.25) is 0 Å². The van der Waals surface area contributed by atoms with E-state index in [0.717, 1.165) is 11.3 Å². The number of amides is 2. The monoisotopic (exact) mass is 370 g/mol. The third-order valence-electron chi connectivity index (χ3n) is 4.07. The minimum Gasteiger partial charge on any atom is -0.494 e. The van der Waals surface area contributed by atoms with Gasteiger partial charge >= 0.3 is 0 Å². The topological polar surface area (TPSA) is 85.9 Å². The molecule has 0 radical (unpaired) electrons. The number of benzene rings is 2. The molecule has 2 atom stereocenters. The van der Waals surface area contributed by atoms with Crippen molar-refractivity contribution in [3.63, 3.8) is 0 Å². The Kier molecular flexibility index (Phi) is 5.80. The molecular weight excluding hydrogens is 348 g/mol. The van der Waals surface area contributed by atoms with Gasteiger partial charge in [-0.25, -0.2) is 0 Å². The number of fused-ring (bicyclic) bond motifs is 1. The number of hydrogen-bond acceptors (Lipinski definition) is 5. The Hall–Kier alpha value is -3.22. The lowest BCUT2D eigenvalue weighted by Crippen LogP contribution is -2.51. The van der Waals surface area contributed by atoms with Crippen molar-refractivity contribution in [1.29, 1.82) is 0 Å². The average molecular weight is 370 g/mol. The lowest BCUT2D eigenvalue weighted by Gasteiger charge is -2.16. The van der Waals surface area contributed by atoms with Crippen molar-refractivity contribution in [2.24, 2.45) is 0 Å². The number of hydrazine groups is 1. The van der Waals surface area contributed by atoms with Crippen molar-refractivity contribution in [2.45, 2.75) is 32.5 Å². The highest BCUT2D eigenvalue weighted by Gasteiger charge is 2.29. The van der Waals surface area contributed by atoms with E-state index in [1.54, 1.807) is 31.2 Å². The quantitative estimate of drug-likeness (QED) is 0.760. The van der Waals surface area contributed by atoms with E-state index in [4.69, 9.17) is 14.2 Å². The molecule has 2 amide bonds. The Morgan fingerprint density at radius 2 is 1.81 bits per heavy atom. The summed E-state index contributed by atoms with van der Waals surface area (Å²) < 4.78 is 16.5. The third-order valence-corrected chi connectivity index (χ3v) is 4.07. The van der Waals surface area contributed by atoms with E-state index >= 15 is 0 Å². The van der Waals surface area contributed by atoms with Crippen LogP contribution in [0.4, 0.5) is 0 Å². The van der Waals surface area contributed by atoms with Crippen LogP contribution in [-0.4, -0.2) is 30.6 Å². The largest absolute Gasteiger partial charge is 0.494 e. The first-order valence-corrected chi connectivity index (χ1v) is 8.80. The number of ether oxygens (including phenoxy) is 3. The van der Waals surface area contributed by atoms with Gasteiger partial charge in [0.1, 0.15) is 17.2 Å². The minimum absolute atomic E-state index is 0.409. The number of para-hydroxylation sites is 1. The summed E-state index contributed by atoms with van der Waals surface area (Å²) in [5.41, 5.74) is 5.73. The number of carbonyl (C=O) groups excluding carboxylic acids is 2. The average Bonchev–Trinajstić information content (AvgIpc) is 3.12. The minimum atomic E-state index is -0.787. The number of hydrogen-bond donors (Lipinski definition) is 2. The maximum absolute atomic E-state index is 12.2. The van der Waals surface area contributed by atoms with Crippen molar-refractivity contribution in [3.05, 3.63) is 54.1 Å². The zero-order valence-corrected chi connectivity index (χ0v) is 15.2. The van der Waals surface area contributed by atoms with Gasteiger partial charge in [0.05, 0.1) is 6.61 Å². The molecule has 1 aliphatic rings. The number of rotatable bonds is 6. The van der Waals surface area contributed by atoms with Crippen LogP contribution < -0.4 is 25.1 Å². The van der Waals surface area contributed by atoms with Crippen molar-refractivity contribution < 1.29 is 23.8 Å². The standard InChI is InChI=1S/C20H22N2O5/c1-3-25-15-8-10-16(11-9-15)26-13(2)19(23)21-22-20(24)18-12-14-6-4-5-7-17(14)27-18/h4-11,13,18H,3,12H2,1-2H3,(H,21,23)(H,22,24)/t13-,18-/m0/s1. The molecule has 27 heavy (non-hydrogen) atoms. The molecule has 0 fully saturated rings. The molecule has 2 aromatic carbocycles. The van der Waals surface area contributed by atoms with Gasteiger partial charge in [0.2, 0.25) is 0 Å². The molecule has 142 valence electrons. The van der Waals surface area contributed by atoms with Gasteiger partial charge in [-0.2, -0.15) is 0 Å². The van der Waals surface area contributed by atoms with E-state index < -0.39 is 24.0 Å². The summed E-state index contributed by atoms with van der Waals surface area (Å²) in [6.45, 7) is 4.08. The molecule has 7 heteroatoms. The van der Waals surface area contributed by atoms with Crippen LogP contribution in [0.1, 0.15) is 19.4 Å². The summed E-state index contributed by atoms with van der Waals surface area (Å²) in [6, 6.07) is 14.4. The molecule has 0 saturated carbocycles. The van der Waals surface area contributed by atoms with E-state index in [-0.39, 0.29) is 0 Å². The zero-order chi connectivity index (χ0) is 19.2. The fourth-order valence-electron chi connectivity index (χ4n) is 2.67. The van der Waals surface area contributed by atoms with Crippen molar-refractivity contribution in [3.8, 4) is 17.2 Å². The van der Waals surface area contributed by atoms with Gasteiger partial charge in [-0.15, -0.1) is 0 Å². The van der Waals surface area contributed by atoms with Gasteiger partial charge in [-0.1, -0.05) is 18.2 Å². The van der Waals surface area contributed by atoms with Gasteiger partial charge in [-0.3, -0.25) is 20.4 Å². The summed E-state index contributed by atoms with van der Waals surface area (Å²) >= 11 is 0. The van der Waals surface area contributed by atoms with Crippen molar-refractivity contribution in [2.75, 3.05) is 6.61 Å². The molecule has 2 N–H and O–H groups in total. The lowest BCUT2D eigenvalue weighted by atomic mass is 10.1. The van der Waals surface area contributed by atoms with Crippen LogP contribution in [-0.2, 0) is 16.0 Å². The summed E-state index contributed by atoms with van der Waals surface area (Å²) in [5, 5.41) is 0. The van der Waals surface area contributed by atoms with E-state index in [0.29, 0.717) is 24.5 Å². The first kappa shape index (κ1) is 18.6. The Morgan fingerprint density at radius 3 is 2.52 bits per heavy atom. The molecule has 7 nitrogen and oxygen atoms in total. The van der Waals surface area contributed by atoms with Crippen LogP contribution in [0.3, 0.4) is 0 Å². The van der Waals surface area contributed by atoms with Crippen LogP contribution in [0.15, 0.2) is 48.5 Å². The van der Waals surface area contributed by atoms with Gasteiger partial charge in [0.25, 0.3) is 11.8 Å². The molecule has 1 aliphatic heterocycles. The van der Waals surface area contributed by atoms with Crippen LogP contribution in [0.25, 0.3) is 0 Å². The Balaban J connectivity index is 1.45. The van der Waals surface area contributed by atoms with Crippen LogP contribution >= 0.6 is 0 Å². The normalized spacial score (nSPS) is 15.9. The van der Waals surface area contributed by atoms with E-state index in [1.165, 1.54) is 0 Å². The molecule has 2 aromatic rings. The second-order valence-electron chi connectivity index (χ2n) is 6.06. The van der Waals surface area contributed by atoms with Crippen LogP contribution in [0.5, 0.6) is 17.2 Å². The Bertz CT molecular complexity index is 781. The van der Waals surface area contributed by atoms with E-state index in [9.17, 15) is 9.59 Å². The van der Waals surface area contributed by atoms with E-state index in [1.807, 2.05) is 31.2 Å². The predicted octanol–water partition coefficient (Wildman–Crippen LogP) is 2.00. The number of nitrogens with one attached hydrogen (secondary N) is 2. The number of carbonyl (C=O) groups is 2. The molecule has 0 unspecified atom stereocenters. The van der Waals surface area contributed by atoms with Gasteiger partial charge in [-0.05, 0) is 49.7 Å². The maximum Gasteiger partial charge on any atom is 0.279 e. The van der Waals surface area contributed by atoms with Gasteiger partial charge in [0.15, 0.2) is 12.2 Å². The molecule has 0 saturated heterocycles. The fraction of sp³-hybridized carbons (Fsp3) is 0.300. The SMILES string of the molecule is CCOc1ccc(O[C@@H](C)C(=O)NNC(=O)[C@@H]2Cc3ccccc3O2)cc1. The predicted molar refractivity (Wildman–Crippen MR) is 98.5 cm³/mol. The third kappa shape index (κ3) is 4.69. The second kappa shape index (κ2) is 8.44. The first-order valence-electron chi connectivity index (χ1n) is 8.80. The molecule has 0 aromatic heterocycles. The smallest absolute Gasteiger partial charge is 0.279 e. The zero-order valence-electron chi connectivity index (χ0n) is 15.2. The highest BCUT2D eigenvalue weighted by atomic mass is 16.5. The second-order valence-corrected chi connectivity index (χ2v) is 6.06. The summed E-state index contributed by atoms with van der Waals surface area (Å²) in [7, 11) is 0. The first-order chi connectivity index (χ1) is 13.1. The fourth-order valence-corrected chi connectivity index (χ4v) is 2.67. The molecule has 1 heterocycles. The summed E-state index contributed by atoms with van der Waals surface area (Å²) in [5.74, 6) is 1.07. The Morgan fingerprint density at radius 1 is 1.11 bits per heavy atom. The van der Waals surface area contributed by atoms with E-state index in [2.05, 4.69) is 10.9 Å². The molecule has 3 rings (SSSR count). The van der Waals surface area contributed by atoms with Crippen molar-refractivity contribution in [1.82, 2.24) is 10.9 Å². The lowest BCUT2D eigenvalue weighted by molar-refractivity contribution is -0.135. The van der Waals surface area contributed by atoms with Crippen molar-refractivity contribution >= 4 is 11.8 Å². The summed E-state index contributed by atoms with van der Waals surface area (Å²) in [4.78, 5) is 24.3. The van der Waals surface area contributed by atoms with Gasteiger partial charge < -0.3 is 14.2 Å². The molecule has 0 bridgehead atoms. The molecular formula is C20H22N2O5. The summed E-state index contributed by atoms with van der Waals surface area (Å²) in [6.07, 6.45) is -0.981. The molecule has 0 aliphatic carbocycles. The molecule has 0 spiro atoms.